The normalized spacial score (nSPS) is 14.1. The highest BCUT2D eigenvalue weighted by molar-refractivity contribution is 5.75. The summed E-state index contributed by atoms with van der Waals surface area (Å²) in [5.41, 5.74) is -0.841. The van der Waals surface area contributed by atoms with Crippen LogP contribution in [0, 0.1) is 5.41 Å². The van der Waals surface area contributed by atoms with Gasteiger partial charge in [-0.2, -0.15) is 0 Å². The minimum absolute atomic E-state index is 0.234. The molecule has 4 nitrogen and oxygen atoms in total. The number of esters is 1. The van der Waals surface area contributed by atoms with E-state index in [1.54, 1.807) is 20.8 Å². The van der Waals surface area contributed by atoms with Crippen molar-refractivity contribution in [2.75, 3.05) is 13.2 Å². The molecule has 0 saturated carbocycles. The number of carbonyl (C=O) groups excluding carboxylic acids is 1. The van der Waals surface area contributed by atoms with Gasteiger partial charge in [0, 0.05) is 5.41 Å². The Morgan fingerprint density at radius 1 is 1.58 bits per heavy atom. The highest BCUT2D eigenvalue weighted by Gasteiger charge is 2.33. The zero-order valence-corrected chi connectivity index (χ0v) is 7.70. The van der Waals surface area contributed by atoms with Crippen LogP contribution in [0.2, 0.25) is 0 Å². The van der Waals surface area contributed by atoms with E-state index in [1.807, 2.05) is 0 Å². The summed E-state index contributed by atoms with van der Waals surface area (Å²) >= 11 is 0. The van der Waals surface area contributed by atoms with Crippen molar-refractivity contribution in [1.82, 2.24) is 0 Å². The zero-order valence-electron chi connectivity index (χ0n) is 7.70. The second kappa shape index (κ2) is 4.42. The van der Waals surface area contributed by atoms with Crippen molar-refractivity contribution in [1.29, 1.82) is 0 Å². The van der Waals surface area contributed by atoms with Gasteiger partial charge in [-0.05, 0) is 6.92 Å². The van der Waals surface area contributed by atoms with Gasteiger partial charge in [0.15, 0.2) is 6.10 Å². The molecule has 0 rings (SSSR count). The molecule has 4 heteroatoms. The van der Waals surface area contributed by atoms with E-state index >= 15 is 0 Å². The molecule has 0 aliphatic rings. The summed E-state index contributed by atoms with van der Waals surface area (Å²) in [6, 6.07) is 0. The number of hydrogen-bond donors (Lipinski definition) is 2. The Balaban J connectivity index is 4.17. The van der Waals surface area contributed by atoms with Gasteiger partial charge in [-0.3, -0.25) is 0 Å². The van der Waals surface area contributed by atoms with E-state index in [0.717, 1.165) is 0 Å². The molecular weight excluding hydrogens is 160 g/mol. The second-order valence-corrected chi connectivity index (χ2v) is 3.30. The first kappa shape index (κ1) is 11.4. The molecule has 0 aromatic rings. The van der Waals surface area contributed by atoms with E-state index < -0.39 is 17.5 Å². The molecule has 0 aliphatic carbocycles. The quantitative estimate of drug-likeness (QED) is 0.588. The van der Waals surface area contributed by atoms with Crippen molar-refractivity contribution < 1.29 is 19.7 Å². The molecule has 2 N–H and O–H groups in total. The maximum absolute atomic E-state index is 11.0. The molecule has 0 amide bonds. The molecular formula is C8H16O4. The van der Waals surface area contributed by atoms with Crippen LogP contribution in [0.25, 0.3) is 0 Å². The SMILES string of the molecule is CCOC(=O)C(O)C(C)(C)CO. The number of carbonyl (C=O) groups is 1. The summed E-state index contributed by atoms with van der Waals surface area (Å²) in [7, 11) is 0. The Labute approximate surface area is 72.2 Å². The van der Waals surface area contributed by atoms with Crippen molar-refractivity contribution in [3.63, 3.8) is 0 Å². The summed E-state index contributed by atoms with van der Waals surface area (Å²) in [6.45, 7) is 4.82. The molecule has 0 heterocycles. The van der Waals surface area contributed by atoms with Crippen LogP contribution in [0.3, 0.4) is 0 Å². The van der Waals surface area contributed by atoms with E-state index in [-0.39, 0.29) is 13.2 Å². The lowest BCUT2D eigenvalue weighted by Crippen LogP contribution is -2.40. The van der Waals surface area contributed by atoms with Crippen LogP contribution in [-0.2, 0) is 9.53 Å². The van der Waals surface area contributed by atoms with Crippen molar-refractivity contribution in [3.8, 4) is 0 Å². The first-order chi connectivity index (χ1) is 5.45. The smallest absolute Gasteiger partial charge is 0.335 e. The number of ether oxygens (including phenoxy) is 1. The number of rotatable bonds is 4. The Bertz CT molecular complexity index is 153. The average Bonchev–Trinajstić information content (AvgIpc) is 2.03. The predicted molar refractivity (Wildman–Crippen MR) is 43.5 cm³/mol. The summed E-state index contributed by atoms with van der Waals surface area (Å²) in [4.78, 5) is 11.0. The standard InChI is InChI=1S/C8H16O4/c1-4-12-7(11)6(10)8(2,3)5-9/h6,9-10H,4-5H2,1-3H3. The number of hydrogen-bond acceptors (Lipinski definition) is 4. The van der Waals surface area contributed by atoms with Gasteiger partial charge in [-0.15, -0.1) is 0 Å². The van der Waals surface area contributed by atoms with Gasteiger partial charge in [0.25, 0.3) is 0 Å². The van der Waals surface area contributed by atoms with Crippen LogP contribution >= 0.6 is 0 Å². The van der Waals surface area contributed by atoms with Gasteiger partial charge in [-0.1, -0.05) is 13.8 Å². The fourth-order valence-electron chi connectivity index (χ4n) is 0.627. The molecule has 0 spiro atoms. The second-order valence-electron chi connectivity index (χ2n) is 3.30. The largest absolute Gasteiger partial charge is 0.464 e. The maximum atomic E-state index is 11.0. The molecule has 12 heavy (non-hydrogen) atoms. The molecule has 0 radical (unpaired) electrons. The summed E-state index contributed by atoms with van der Waals surface area (Å²) in [5.74, 6) is -0.684. The topological polar surface area (TPSA) is 66.8 Å². The third kappa shape index (κ3) is 2.79. The molecule has 72 valence electrons. The molecule has 0 aromatic heterocycles. The van der Waals surface area contributed by atoms with Crippen LogP contribution < -0.4 is 0 Å². The van der Waals surface area contributed by atoms with Crippen molar-refractivity contribution in [2.24, 2.45) is 5.41 Å². The van der Waals surface area contributed by atoms with E-state index in [4.69, 9.17) is 5.11 Å². The van der Waals surface area contributed by atoms with E-state index in [9.17, 15) is 9.90 Å². The lowest BCUT2D eigenvalue weighted by molar-refractivity contribution is -0.161. The molecule has 0 aromatic carbocycles. The lowest BCUT2D eigenvalue weighted by Gasteiger charge is -2.26. The van der Waals surface area contributed by atoms with Crippen LogP contribution in [0.5, 0.6) is 0 Å². The maximum Gasteiger partial charge on any atom is 0.335 e. The van der Waals surface area contributed by atoms with Crippen molar-refractivity contribution in [2.45, 2.75) is 26.9 Å². The van der Waals surface area contributed by atoms with Crippen LogP contribution in [0.15, 0.2) is 0 Å². The Kier molecular flexibility index (Phi) is 4.20. The van der Waals surface area contributed by atoms with Gasteiger partial charge in [0.1, 0.15) is 0 Å². The molecule has 0 fully saturated rings. The van der Waals surface area contributed by atoms with Crippen LogP contribution in [-0.4, -0.2) is 35.5 Å². The molecule has 0 bridgehead atoms. The van der Waals surface area contributed by atoms with E-state index in [1.165, 1.54) is 0 Å². The average molecular weight is 176 g/mol. The van der Waals surface area contributed by atoms with Gasteiger partial charge in [0.05, 0.1) is 13.2 Å². The fourth-order valence-corrected chi connectivity index (χ4v) is 0.627. The summed E-state index contributed by atoms with van der Waals surface area (Å²) in [5, 5.41) is 18.2. The Hall–Kier alpha value is -0.610. The zero-order chi connectivity index (χ0) is 9.78. The van der Waals surface area contributed by atoms with Gasteiger partial charge in [-0.25, -0.2) is 4.79 Å². The first-order valence-electron chi connectivity index (χ1n) is 3.91. The number of aliphatic hydroxyl groups is 2. The molecule has 1 atom stereocenters. The van der Waals surface area contributed by atoms with E-state index in [2.05, 4.69) is 4.74 Å². The predicted octanol–water partition coefficient (Wildman–Crippen LogP) is -0.0711. The highest BCUT2D eigenvalue weighted by atomic mass is 16.5. The van der Waals surface area contributed by atoms with Crippen LogP contribution in [0.1, 0.15) is 20.8 Å². The van der Waals surface area contributed by atoms with Crippen LogP contribution in [0.4, 0.5) is 0 Å². The van der Waals surface area contributed by atoms with Crippen molar-refractivity contribution >= 4 is 5.97 Å². The van der Waals surface area contributed by atoms with Crippen molar-refractivity contribution in [3.05, 3.63) is 0 Å². The Morgan fingerprint density at radius 3 is 2.42 bits per heavy atom. The Morgan fingerprint density at radius 2 is 2.08 bits per heavy atom. The van der Waals surface area contributed by atoms with Gasteiger partial charge in [0.2, 0.25) is 0 Å². The van der Waals surface area contributed by atoms with Gasteiger partial charge >= 0.3 is 5.97 Å². The third-order valence-corrected chi connectivity index (χ3v) is 1.66. The third-order valence-electron chi connectivity index (χ3n) is 1.66. The minimum Gasteiger partial charge on any atom is -0.464 e. The minimum atomic E-state index is -1.26. The molecule has 0 saturated heterocycles. The molecule has 0 aliphatic heterocycles. The highest BCUT2D eigenvalue weighted by Crippen LogP contribution is 2.20. The fraction of sp³-hybridized carbons (Fsp3) is 0.875. The lowest BCUT2D eigenvalue weighted by atomic mass is 9.88. The summed E-state index contributed by atoms with van der Waals surface area (Å²) < 4.78 is 4.59. The number of aliphatic hydroxyl groups excluding tert-OH is 2. The van der Waals surface area contributed by atoms with E-state index in [0.29, 0.717) is 0 Å². The summed E-state index contributed by atoms with van der Waals surface area (Å²) in [6.07, 6.45) is -1.26. The monoisotopic (exact) mass is 176 g/mol. The molecule has 1 unspecified atom stereocenters. The van der Waals surface area contributed by atoms with Gasteiger partial charge < -0.3 is 14.9 Å². The first-order valence-corrected chi connectivity index (χ1v) is 3.91.